The van der Waals surface area contributed by atoms with Crippen LogP contribution in [0.15, 0.2) is 0 Å². The minimum atomic E-state index is -1.30. The second-order valence-electron chi connectivity index (χ2n) is 2.89. The van der Waals surface area contributed by atoms with Gasteiger partial charge in [0, 0.05) is 6.42 Å². The predicted octanol–water partition coefficient (Wildman–Crippen LogP) is 0.965. The molecule has 0 aliphatic rings. The van der Waals surface area contributed by atoms with E-state index in [4.69, 9.17) is 16.6 Å². The van der Waals surface area contributed by atoms with Crippen molar-refractivity contribution in [3.63, 3.8) is 0 Å². The summed E-state index contributed by atoms with van der Waals surface area (Å²) in [5.41, 5.74) is -1.30. The van der Waals surface area contributed by atoms with E-state index < -0.39 is 23.8 Å². The van der Waals surface area contributed by atoms with Crippen LogP contribution in [0.3, 0.4) is 0 Å². The zero-order valence-corrected chi connectivity index (χ0v) is 7.41. The molecule has 0 amide bonds. The topological polar surface area (TPSA) is 74.6 Å². The van der Waals surface area contributed by atoms with Crippen LogP contribution >= 0.6 is 0 Å². The van der Waals surface area contributed by atoms with Gasteiger partial charge in [-0.1, -0.05) is 6.92 Å². The van der Waals surface area contributed by atoms with Crippen molar-refractivity contribution in [1.29, 1.82) is 0 Å². The van der Waals surface area contributed by atoms with E-state index in [9.17, 15) is 9.59 Å². The van der Waals surface area contributed by atoms with Gasteiger partial charge in [-0.25, -0.2) is 0 Å². The molecule has 72 valence electrons. The first kappa shape index (κ1) is 11.5. The van der Waals surface area contributed by atoms with Gasteiger partial charge in [-0.05, 0) is 6.42 Å². The Morgan fingerprint density at radius 1 is 1.46 bits per heavy atom. The van der Waals surface area contributed by atoms with Gasteiger partial charge in [-0.3, -0.25) is 9.59 Å². The monoisotopic (exact) mass is 184 g/mol. The molecule has 0 aliphatic heterocycles. The number of hydrogen-bond acceptors (Lipinski definition) is 2. The fourth-order valence-corrected chi connectivity index (χ4v) is 1.10. The molecular formula is C9H12O4. The highest BCUT2D eigenvalue weighted by Crippen LogP contribution is 2.30. The molecule has 0 saturated heterocycles. The van der Waals surface area contributed by atoms with E-state index in [1.807, 2.05) is 0 Å². The Bertz CT molecular complexity index is 251. The molecule has 0 radical (unpaired) electrons. The van der Waals surface area contributed by atoms with Crippen LogP contribution < -0.4 is 0 Å². The van der Waals surface area contributed by atoms with Gasteiger partial charge in [-0.15, -0.1) is 12.3 Å². The fraction of sp³-hybridized carbons (Fsp3) is 0.556. The van der Waals surface area contributed by atoms with E-state index >= 15 is 0 Å². The van der Waals surface area contributed by atoms with Crippen molar-refractivity contribution in [1.82, 2.24) is 0 Å². The molecule has 0 bridgehead atoms. The molecule has 0 aromatic rings. The average molecular weight is 184 g/mol. The van der Waals surface area contributed by atoms with Gasteiger partial charge < -0.3 is 10.2 Å². The molecule has 1 unspecified atom stereocenters. The normalized spacial score (nSPS) is 14.2. The van der Waals surface area contributed by atoms with Crippen molar-refractivity contribution in [3.8, 4) is 12.3 Å². The van der Waals surface area contributed by atoms with Crippen molar-refractivity contribution in [2.24, 2.45) is 5.41 Å². The smallest absolute Gasteiger partial charge is 0.311 e. The van der Waals surface area contributed by atoms with Gasteiger partial charge >= 0.3 is 11.9 Å². The number of aliphatic carboxylic acids is 2. The third-order valence-corrected chi connectivity index (χ3v) is 2.06. The van der Waals surface area contributed by atoms with Crippen LogP contribution in [0.25, 0.3) is 0 Å². The summed E-state index contributed by atoms with van der Waals surface area (Å²) >= 11 is 0. The van der Waals surface area contributed by atoms with Gasteiger partial charge in [0.1, 0.15) is 0 Å². The largest absolute Gasteiger partial charge is 0.481 e. The summed E-state index contributed by atoms with van der Waals surface area (Å²) < 4.78 is 0. The molecule has 0 saturated carbocycles. The van der Waals surface area contributed by atoms with Crippen molar-refractivity contribution >= 4 is 11.9 Å². The average Bonchev–Trinajstić information content (AvgIpc) is 2.02. The van der Waals surface area contributed by atoms with Gasteiger partial charge in [-0.2, -0.15) is 0 Å². The quantitative estimate of drug-likeness (QED) is 0.624. The Morgan fingerprint density at radius 3 is 2.23 bits per heavy atom. The highest BCUT2D eigenvalue weighted by Gasteiger charge is 2.38. The first-order valence-electron chi connectivity index (χ1n) is 3.87. The van der Waals surface area contributed by atoms with E-state index in [1.54, 1.807) is 6.92 Å². The summed E-state index contributed by atoms with van der Waals surface area (Å²) in [6.45, 7) is 1.62. The van der Waals surface area contributed by atoms with Crippen molar-refractivity contribution in [2.75, 3.05) is 0 Å². The molecule has 0 heterocycles. The second-order valence-corrected chi connectivity index (χ2v) is 2.89. The van der Waals surface area contributed by atoms with E-state index in [-0.39, 0.29) is 12.8 Å². The first-order valence-corrected chi connectivity index (χ1v) is 3.87. The summed E-state index contributed by atoms with van der Waals surface area (Å²) in [5, 5.41) is 17.4. The molecule has 0 fully saturated rings. The maximum absolute atomic E-state index is 10.8. The lowest BCUT2D eigenvalue weighted by Crippen LogP contribution is -2.32. The van der Waals surface area contributed by atoms with Crippen LogP contribution in [0.2, 0.25) is 0 Å². The van der Waals surface area contributed by atoms with Crippen molar-refractivity contribution < 1.29 is 19.8 Å². The van der Waals surface area contributed by atoms with E-state index in [0.717, 1.165) is 0 Å². The molecule has 4 heteroatoms. The summed E-state index contributed by atoms with van der Waals surface area (Å²) in [5.74, 6) is -0.0805. The summed E-state index contributed by atoms with van der Waals surface area (Å²) in [4.78, 5) is 21.2. The van der Waals surface area contributed by atoms with Gasteiger partial charge in [0.15, 0.2) is 0 Å². The van der Waals surface area contributed by atoms with Crippen LogP contribution in [0.1, 0.15) is 26.2 Å². The van der Waals surface area contributed by atoms with Crippen molar-refractivity contribution in [3.05, 3.63) is 0 Å². The van der Waals surface area contributed by atoms with Crippen LogP contribution in [0.5, 0.6) is 0 Å². The lowest BCUT2D eigenvalue weighted by molar-refractivity contribution is -0.155. The van der Waals surface area contributed by atoms with Crippen LogP contribution in [0.4, 0.5) is 0 Å². The SMILES string of the molecule is C#CCC(CC)(CC(=O)O)C(=O)O. The molecular weight excluding hydrogens is 172 g/mol. The number of carboxylic acid groups (broad SMARTS) is 2. The van der Waals surface area contributed by atoms with E-state index in [1.165, 1.54) is 0 Å². The third kappa shape index (κ3) is 2.79. The lowest BCUT2D eigenvalue weighted by atomic mass is 9.79. The number of rotatable bonds is 5. The highest BCUT2D eigenvalue weighted by molar-refractivity contribution is 5.81. The predicted molar refractivity (Wildman–Crippen MR) is 46.1 cm³/mol. The van der Waals surface area contributed by atoms with E-state index in [0.29, 0.717) is 0 Å². The van der Waals surface area contributed by atoms with Crippen LogP contribution in [-0.4, -0.2) is 22.2 Å². The van der Waals surface area contributed by atoms with Gasteiger partial charge in [0.25, 0.3) is 0 Å². The maximum atomic E-state index is 10.8. The van der Waals surface area contributed by atoms with Gasteiger partial charge in [0.2, 0.25) is 0 Å². The minimum Gasteiger partial charge on any atom is -0.481 e. The Morgan fingerprint density at radius 2 is 2.00 bits per heavy atom. The highest BCUT2D eigenvalue weighted by atomic mass is 16.4. The minimum absolute atomic E-state index is 0.0505. The number of hydrogen-bond donors (Lipinski definition) is 2. The van der Waals surface area contributed by atoms with Gasteiger partial charge in [0.05, 0.1) is 11.8 Å². The molecule has 0 aromatic heterocycles. The van der Waals surface area contributed by atoms with Crippen molar-refractivity contribution in [2.45, 2.75) is 26.2 Å². The standard InChI is InChI=1S/C9H12O4/c1-3-5-9(4-2,8(12)13)6-7(10)11/h1H,4-6H2,2H3,(H,10,11)(H,12,13). The number of carboxylic acids is 2. The third-order valence-electron chi connectivity index (χ3n) is 2.06. The Balaban J connectivity index is 4.77. The molecule has 13 heavy (non-hydrogen) atoms. The zero-order valence-electron chi connectivity index (χ0n) is 7.41. The molecule has 0 aromatic carbocycles. The van der Waals surface area contributed by atoms with Crippen LogP contribution in [-0.2, 0) is 9.59 Å². The number of carbonyl (C=O) groups is 2. The molecule has 0 spiro atoms. The molecule has 1 atom stereocenters. The first-order chi connectivity index (χ1) is 5.98. The molecule has 2 N–H and O–H groups in total. The van der Waals surface area contributed by atoms with Crippen LogP contribution in [0, 0.1) is 17.8 Å². The molecule has 0 aliphatic carbocycles. The second kappa shape index (κ2) is 4.51. The summed E-state index contributed by atoms with van der Waals surface area (Å²) in [6.07, 6.45) is 4.74. The number of terminal acetylenes is 1. The Hall–Kier alpha value is -1.50. The lowest BCUT2D eigenvalue weighted by Gasteiger charge is -2.23. The van der Waals surface area contributed by atoms with E-state index in [2.05, 4.69) is 5.92 Å². The Labute approximate surface area is 76.6 Å². The summed E-state index contributed by atoms with van der Waals surface area (Å²) in [6, 6.07) is 0. The maximum Gasteiger partial charge on any atom is 0.311 e. The molecule has 0 rings (SSSR count). The zero-order chi connectivity index (χ0) is 10.5. The Kier molecular flexibility index (Phi) is 3.99. The summed E-state index contributed by atoms with van der Waals surface area (Å²) in [7, 11) is 0. The fourth-order valence-electron chi connectivity index (χ4n) is 1.10. The molecule has 4 nitrogen and oxygen atoms in total.